The van der Waals surface area contributed by atoms with Gasteiger partial charge in [0, 0.05) is 12.3 Å². The lowest BCUT2D eigenvalue weighted by Gasteiger charge is -2.05. The number of rotatable bonds is 0. The molecule has 1 heterocycles. The first-order valence-electron chi connectivity index (χ1n) is 2.96. The van der Waals surface area contributed by atoms with Crippen LogP contribution in [0.15, 0.2) is 23.1 Å². The minimum absolute atomic E-state index is 0.444. The molecule has 0 saturated heterocycles. The summed E-state index contributed by atoms with van der Waals surface area (Å²) in [5.74, 6) is 4.97. The van der Waals surface area contributed by atoms with Crippen molar-refractivity contribution in [2.45, 2.75) is 6.18 Å². The summed E-state index contributed by atoms with van der Waals surface area (Å²) >= 11 is 0. The van der Waals surface area contributed by atoms with E-state index in [1.807, 2.05) is 0 Å². The summed E-state index contributed by atoms with van der Waals surface area (Å²) < 4.78 is 36.3. The van der Waals surface area contributed by atoms with Gasteiger partial charge >= 0.3 is 6.18 Å². The van der Waals surface area contributed by atoms with Gasteiger partial charge < -0.3 is 5.84 Å². The predicted octanol–water partition coefficient (Wildman–Crippen LogP) is 0.581. The van der Waals surface area contributed by atoms with Gasteiger partial charge in [0.2, 0.25) is 0 Å². The number of alkyl halides is 3. The highest BCUT2D eigenvalue weighted by atomic mass is 19.4. The third kappa shape index (κ3) is 1.58. The fourth-order valence-corrected chi connectivity index (χ4v) is 0.666. The molecule has 2 N–H and O–H groups in total. The van der Waals surface area contributed by atoms with Crippen molar-refractivity contribution in [2.24, 2.45) is 0 Å². The van der Waals surface area contributed by atoms with Crippen molar-refractivity contribution in [3.05, 3.63) is 34.2 Å². The van der Waals surface area contributed by atoms with E-state index < -0.39 is 17.3 Å². The van der Waals surface area contributed by atoms with Crippen molar-refractivity contribution < 1.29 is 13.2 Å². The maximum absolute atomic E-state index is 11.9. The van der Waals surface area contributed by atoms with E-state index in [4.69, 9.17) is 5.84 Å². The Bertz CT molecular complexity index is 341. The third-order valence-corrected chi connectivity index (χ3v) is 1.28. The van der Waals surface area contributed by atoms with Crippen LogP contribution in [0.3, 0.4) is 0 Å². The molecule has 0 aliphatic rings. The molecular weight excluding hydrogens is 173 g/mol. The number of pyridine rings is 1. The van der Waals surface area contributed by atoms with Gasteiger partial charge in [-0.15, -0.1) is 0 Å². The van der Waals surface area contributed by atoms with Gasteiger partial charge in [0.15, 0.2) is 0 Å². The SMILES string of the molecule is Nn1ccc(C(F)(F)F)cc1=O. The Labute approximate surface area is 65.2 Å². The molecule has 3 nitrogen and oxygen atoms in total. The van der Waals surface area contributed by atoms with E-state index in [0.717, 1.165) is 12.3 Å². The van der Waals surface area contributed by atoms with E-state index in [0.29, 0.717) is 10.7 Å². The fraction of sp³-hybridized carbons (Fsp3) is 0.167. The second-order valence-corrected chi connectivity index (χ2v) is 2.16. The molecule has 0 spiro atoms. The summed E-state index contributed by atoms with van der Waals surface area (Å²) in [4.78, 5) is 10.6. The lowest BCUT2D eigenvalue weighted by atomic mass is 10.3. The van der Waals surface area contributed by atoms with Crippen LogP contribution >= 0.6 is 0 Å². The Morgan fingerprint density at radius 3 is 2.42 bits per heavy atom. The first kappa shape index (κ1) is 8.63. The van der Waals surface area contributed by atoms with Crippen molar-refractivity contribution in [1.82, 2.24) is 4.68 Å². The van der Waals surface area contributed by atoms with E-state index in [-0.39, 0.29) is 0 Å². The Balaban J connectivity index is 3.23. The first-order valence-corrected chi connectivity index (χ1v) is 2.96. The van der Waals surface area contributed by atoms with Crippen molar-refractivity contribution in [3.63, 3.8) is 0 Å². The Morgan fingerprint density at radius 1 is 1.42 bits per heavy atom. The molecule has 66 valence electrons. The molecule has 1 rings (SSSR count). The number of hydrogen-bond acceptors (Lipinski definition) is 2. The minimum Gasteiger partial charge on any atom is -0.336 e. The zero-order valence-electron chi connectivity index (χ0n) is 5.80. The average Bonchev–Trinajstić information content (AvgIpc) is 1.92. The van der Waals surface area contributed by atoms with Gasteiger partial charge in [0.1, 0.15) is 0 Å². The molecule has 12 heavy (non-hydrogen) atoms. The van der Waals surface area contributed by atoms with E-state index in [2.05, 4.69) is 0 Å². The van der Waals surface area contributed by atoms with E-state index in [1.165, 1.54) is 0 Å². The standard InChI is InChI=1S/C6H5F3N2O/c7-6(8,9)4-1-2-11(10)5(12)3-4/h1-3H,10H2. The number of nitrogens with two attached hydrogens (primary N) is 1. The van der Waals surface area contributed by atoms with Crippen molar-refractivity contribution >= 4 is 0 Å². The van der Waals surface area contributed by atoms with Gasteiger partial charge in [0.05, 0.1) is 5.56 Å². The van der Waals surface area contributed by atoms with Gasteiger partial charge in [-0.2, -0.15) is 13.2 Å². The number of nitrogen functional groups attached to an aromatic ring is 1. The largest absolute Gasteiger partial charge is 0.416 e. The molecule has 1 aromatic heterocycles. The number of nitrogens with zero attached hydrogens (tertiary/aromatic N) is 1. The highest BCUT2D eigenvalue weighted by Crippen LogP contribution is 2.27. The normalized spacial score (nSPS) is 11.6. The topological polar surface area (TPSA) is 48.0 Å². The van der Waals surface area contributed by atoms with Gasteiger partial charge in [-0.3, -0.25) is 4.79 Å². The highest BCUT2D eigenvalue weighted by molar-refractivity contribution is 5.14. The smallest absolute Gasteiger partial charge is 0.336 e. The molecule has 0 atom stereocenters. The molecule has 0 unspecified atom stereocenters. The van der Waals surface area contributed by atoms with Gasteiger partial charge in [-0.1, -0.05) is 0 Å². The molecule has 0 aliphatic heterocycles. The monoisotopic (exact) mass is 178 g/mol. The summed E-state index contributed by atoms with van der Waals surface area (Å²) in [5.41, 5.74) is -1.88. The highest BCUT2D eigenvalue weighted by Gasteiger charge is 2.30. The predicted molar refractivity (Wildman–Crippen MR) is 35.9 cm³/mol. The summed E-state index contributed by atoms with van der Waals surface area (Å²) in [7, 11) is 0. The fourth-order valence-electron chi connectivity index (χ4n) is 0.666. The van der Waals surface area contributed by atoms with E-state index >= 15 is 0 Å². The molecule has 6 heteroatoms. The molecule has 0 bridgehead atoms. The van der Waals surface area contributed by atoms with Crippen LogP contribution in [0, 0.1) is 0 Å². The second kappa shape index (κ2) is 2.54. The van der Waals surface area contributed by atoms with E-state index in [9.17, 15) is 18.0 Å². The van der Waals surface area contributed by atoms with Gasteiger partial charge in [0.25, 0.3) is 5.56 Å². The van der Waals surface area contributed by atoms with Crippen molar-refractivity contribution in [3.8, 4) is 0 Å². The van der Waals surface area contributed by atoms with Crippen LogP contribution < -0.4 is 11.4 Å². The summed E-state index contributed by atoms with van der Waals surface area (Å²) in [5, 5.41) is 0. The molecule has 0 radical (unpaired) electrons. The van der Waals surface area contributed by atoms with E-state index in [1.54, 1.807) is 0 Å². The zero-order valence-corrected chi connectivity index (χ0v) is 5.80. The maximum Gasteiger partial charge on any atom is 0.416 e. The molecule has 0 aromatic carbocycles. The Kier molecular flexibility index (Phi) is 1.83. The quantitative estimate of drug-likeness (QED) is 0.591. The summed E-state index contributed by atoms with van der Waals surface area (Å²) in [6.07, 6.45) is -3.63. The maximum atomic E-state index is 11.9. The lowest BCUT2D eigenvalue weighted by Crippen LogP contribution is -2.27. The number of aromatic nitrogens is 1. The van der Waals surface area contributed by atoms with Gasteiger partial charge in [-0.05, 0) is 6.07 Å². The average molecular weight is 178 g/mol. The van der Waals surface area contributed by atoms with Crippen molar-refractivity contribution in [2.75, 3.05) is 5.84 Å². The van der Waals surface area contributed by atoms with Crippen LogP contribution in [-0.2, 0) is 6.18 Å². The van der Waals surface area contributed by atoms with Crippen molar-refractivity contribution in [1.29, 1.82) is 0 Å². The third-order valence-electron chi connectivity index (χ3n) is 1.28. The minimum atomic E-state index is -4.49. The van der Waals surface area contributed by atoms with Crippen LogP contribution in [0.1, 0.15) is 5.56 Å². The molecule has 0 aliphatic carbocycles. The molecule has 1 aromatic rings. The Morgan fingerprint density at radius 2 is 2.00 bits per heavy atom. The zero-order chi connectivity index (χ0) is 9.35. The molecule has 0 amide bonds. The number of halogens is 3. The lowest BCUT2D eigenvalue weighted by molar-refractivity contribution is -0.137. The molecular formula is C6H5F3N2O. The van der Waals surface area contributed by atoms with Crippen LogP contribution in [-0.4, -0.2) is 4.68 Å². The van der Waals surface area contributed by atoms with Crippen LogP contribution in [0.5, 0.6) is 0 Å². The summed E-state index contributed by atoms with van der Waals surface area (Å²) in [6.45, 7) is 0. The second-order valence-electron chi connectivity index (χ2n) is 2.16. The molecule has 0 fully saturated rings. The Hall–Kier alpha value is -1.46. The van der Waals surface area contributed by atoms with Gasteiger partial charge in [-0.25, -0.2) is 4.68 Å². The van der Waals surface area contributed by atoms with Crippen LogP contribution in [0.4, 0.5) is 13.2 Å². The first-order chi connectivity index (χ1) is 5.41. The number of hydrogen-bond donors (Lipinski definition) is 1. The van der Waals surface area contributed by atoms with Crippen LogP contribution in [0.25, 0.3) is 0 Å². The summed E-state index contributed by atoms with van der Waals surface area (Å²) in [6, 6.07) is 1.18. The van der Waals surface area contributed by atoms with Crippen LogP contribution in [0.2, 0.25) is 0 Å². The molecule has 0 saturated carbocycles.